The molecular formula is C24H36N4O4. The van der Waals surface area contributed by atoms with E-state index in [1.54, 1.807) is 6.20 Å². The Kier molecular flexibility index (Phi) is 6.88. The van der Waals surface area contributed by atoms with Gasteiger partial charge in [-0.25, -0.2) is 9.78 Å². The number of hydrogen-bond acceptors (Lipinski definition) is 6. The summed E-state index contributed by atoms with van der Waals surface area (Å²) in [5, 5.41) is 12.6. The van der Waals surface area contributed by atoms with Crippen LogP contribution in [0.3, 0.4) is 0 Å². The van der Waals surface area contributed by atoms with Crippen LogP contribution in [0.4, 0.5) is 16.3 Å². The Labute approximate surface area is 190 Å². The summed E-state index contributed by atoms with van der Waals surface area (Å²) in [6, 6.07) is 2.19. The number of hydrogen-bond donors (Lipinski definition) is 2. The molecule has 3 aliphatic rings. The summed E-state index contributed by atoms with van der Waals surface area (Å²) in [5.74, 6) is 1.17. The molecule has 1 aliphatic carbocycles. The fraction of sp³-hybridized carbons (Fsp3) is 0.708. The maximum atomic E-state index is 13.5. The molecule has 8 heteroatoms. The van der Waals surface area contributed by atoms with E-state index in [2.05, 4.69) is 20.1 Å². The van der Waals surface area contributed by atoms with Crippen LogP contribution in [-0.2, 0) is 9.53 Å². The van der Waals surface area contributed by atoms with Crippen LogP contribution in [-0.4, -0.2) is 65.4 Å². The van der Waals surface area contributed by atoms with Gasteiger partial charge in [0.15, 0.2) is 0 Å². The summed E-state index contributed by atoms with van der Waals surface area (Å²) in [6.45, 7) is 6.72. The van der Waals surface area contributed by atoms with Gasteiger partial charge in [-0.3, -0.25) is 10.1 Å². The number of aryl methyl sites for hydroxylation is 1. The van der Waals surface area contributed by atoms with Crippen LogP contribution in [0.1, 0.15) is 63.9 Å². The largest absolute Gasteiger partial charge is 0.449 e. The van der Waals surface area contributed by atoms with Gasteiger partial charge in [0.2, 0.25) is 5.91 Å². The van der Waals surface area contributed by atoms with E-state index in [9.17, 15) is 14.7 Å². The van der Waals surface area contributed by atoms with Crippen LogP contribution < -0.4 is 10.2 Å². The van der Waals surface area contributed by atoms with Gasteiger partial charge in [0.1, 0.15) is 5.82 Å². The predicted molar refractivity (Wildman–Crippen MR) is 123 cm³/mol. The number of anilines is 2. The Bertz CT molecular complexity index is 839. The number of carbonyl (C=O) groups excluding carboxylic acids is 2. The van der Waals surface area contributed by atoms with Gasteiger partial charge in [-0.1, -0.05) is 6.92 Å². The number of carbonyl (C=O) groups is 2. The number of pyridine rings is 1. The summed E-state index contributed by atoms with van der Waals surface area (Å²) in [5.41, 5.74) is 1.25. The van der Waals surface area contributed by atoms with Crippen LogP contribution in [0.25, 0.3) is 0 Å². The van der Waals surface area contributed by atoms with Crippen molar-refractivity contribution in [1.29, 1.82) is 0 Å². The number of amides is 2. The second kappa shape index (κ2) is 9.65. The average molecular weight is 445 g/mol. The number of piperidine rings is 1. The van der Waals surface area contributed by atoms with E-state index in [1.807, 2.05) is 19.9 Å². The van der Waals surface area contributed by atoms with E-state index in [4.69, 9.17) is 4.74 Å². The summed E-state index contributed by atoms with van der Waals surface area (Å²) in [7, 11) is 0. The van der Waals surface area contributed by atoms with Crippen molar-refractivity contribution >= 4 is 23.5 Å². The Balaban J connectivity index is 1.42. The van der Waals surface area contributed by atoms with Gasteiger partial charge >= 0.3 is 6.09 Å². The molecule has 2 aliphatic heterocycles. The maximum absolute atomic E-state index is 13.5. The Morgan fingerprint density at radius 3 is 2.78 bits per heavy atom. The standard InChI is InChI=1S/C24H36N4O4/c1-3-13-32-23(31)26-18-14-17(2)21(25-15-18)27-11-4-9-24(16-27)10-12-28(22(24)30)19-5-7-20(29)8-6-19/h14-15,19-20,29H,3-13,16H2,1-2H3,(H,26,31)/t19?,20?,24-/m1/s1. The van der Waals surface area contributed by atoms with Crippen molar-refractivity contribution in [2.45, 2.75) is 77.4 Å². The van der Waals surface area contributed by atoms with E-state index in [-0.39, 0.29) is 23.5 Å². The lowest BCUT2D eigenvalue weighted by molar-refractivity contribution is -0.139. The number of likely N-dealkylation sites (tertiary alicyclic amines) is 1. The van der Waals surface area contributed by atoms with Crippen LogP contribution in [0, 0.1) is 12.3 Å². The van der Waals surface area contributed by atoms with Gasteiger partial charge in [0.05, 0.1) is 30.0 Å². The Hall–Kier alpha value is -2.35. The van der Waals surface area contributed by atoms with Gasteiger partial charge in [-0.15, -0.1) is 0 Å². The lowest BCUT2D eigenvalue weighted by atomic mass is 9.78. The average Bonchev–Trinajstić information content (AvgIpc) is 3.08. The molecule has 3 heterocycles. The Morgan fingerprint density at radius 2 is 2.06 bits per heavy atom. The highest BCUT2D eigenvalue weighted by molar-refractivity contribution is 5.86. The van der Waals surface area contributed by atoms with Crippen molar-refractivity contribution in [3.05, 3.63) is 17.8 Å². The lowest BCUT2D eigenvalue weighted by Gasteiger charge is -2.41. The monoisotopic (exact) mass is 444 g/mol. The lowest BCUT2D eigenvalue weighted by Crippen LogP contribution is -2.50. The smallest absolute Gasteiger partial charge is 0.411 e. The topological polar surface area (TPSA) is 95.0 Å². The molecule has 1 saturated carbocycles. The van der Waals surface area contributed by atoms with Gasteiger partial charge < -0.3 is 19.6 Å². The maximum Gasteiger partial charge on any atom is 0.411 e. The molecule has 0 bridgehead atoms. The van der Waals surface area contributed by atoms with Crippen molar-refractivity contribution in [2.75, 3.05) is 36.5 Å². The molecule has 2 N–H and O–H groups in total. The van der Waals surface area contributed by atoms with E-state index in [1.165, 1.54) is 0 Å². The fourth-order valence-electron chi connectivity index (χ4n) is 5.57. The molecule has 2 saturated heterocycles. The normalized spacial score (nSPS) is 28.3. The summed E-state index contributed by atoms with van der Waals surface area (Å²) >= 11 is 0. The molecule has 0 aromatic carbocycles. The van der Waals surface area contributed by atoms with Gasteiger partial charge in [-0.2, -0.15) is 0 Å². The number of ether oxygens (including phenoxy) is 1. The first-order valence-corrected chi connectivity index (χ1v) is 12.1. The number of aliphatic hydroxyl groups excluding tert-OH is 1. The van der Waals surface area contributed by atoms with Crippen LogP contribution in [0.15, 0.2) is 12.3 Å². The van der Waals surface area contributed by atoms with E-state index >= 15 is 0 Å². The number of nitrogens with one attached hydrogen (secondary N) is 1. The van der Waals surface area contributed by atoms with Crippen LogP contribution >= 0.6 is 0 Å². The Morgan fingerprint density at radius 1 is 1.28 bits per heavy atom. The van der Waals surface area contributed by atoms with Crippen LogP contribution in [0.2, 0.25) is 0 Å². The second-order valence-corrected chi connectivity index (χ2v) is 9.64. The first-order chi connectivity index (χ1) is 15.4. The highest BCUT2D eigenvalue weighted by Crippen LogP contribution is 2.43. The van der Waals surface area contributed by atoms with E-state index < -0.39 is 6.09 Å². The molecule has 176 valence electrons. The van der Waals surface area contributed by atoms with Crippen molar-refractivity contribution in [3.8, 4) is 0 Å². The molecule has 32 heavy (non-hydrogen) atoms. The first kappa shape index (κ1) is 22.8. The van der Waals surface area contributed by atoms with E-state index in [0.717, 1.165) is 75.8 Å². The second-order valence-electron chi connectivity index (χ2n) is 9.64. The molecule has 3 fully saturated rings. The number of aromatic nitrogens is 1. The number of rotatable bonds is 5. The molecule has 1 spiro atoms. The third-order valence-electron chi connectivity index (χ3n) is 7.26. The molecule has 1 atom stereocenters. The minimum absolute atomic E-state index is 0.205. The minimum Gasteiger partial charge on any atom is -0.449 e. The number of nitrogens with zero attached hydrogens (tertiary/aromatic N) is 3. The SMILES string of the molecule is CCCOC(=O)Nc1cnc(N2CCC[C@@]3(CCN(C4CCC(O)CC4)C3=O)C2)c(C)c1. The minimum atomic E-state index is -0.468. The van der Waals surface area contributed by atoms with Gasteiger partial charge in [0, 0.05) is 25.7 Å². The molecule has 0 radical (unpaired) electrons. The highest BCUT2D eigenvalue weighted by atomic mass is 16.5. The van der Waals surface area contributed by atoms with Crippen molar-refractivity contribution in [3.63, 3.8) is 0 Å². The molecule has 1 aromatic rings. The molecule has 0 unspecified atom stereocenters. The van der Waals surface area contributed by atoms with Crippen molar-refractivity contribution in [2.24, 2.45) is 5.41 Å². The summed E-state index contributed by atoms with van der Waals surface area (Å²) in [6.07, 6.45) is 7.95. The van der Waals surface area contributed by atoms with Crippen LogP contribution in [0.5, 0.6) is 0 Å². The zero-order chi connectivity index (χ0) is 22.7. The molecule has 8 nitrogen and oxygen atoms in total. The fourth-order valence-corrected chi connectivity index (χ4v) is 5.57. The van der Waals surface area contributed by atoms with Gasteiger partial charge in [0.25, 0.3) is 0 Å². The highest BCUT2D eigenvalue weighted by Gasteiger charge is 2.50. The predicted octanol–water partition coefficient (Wildman–Crippen LogP) is 3.47. The number of aliphatic hydroxyl groups is 1. The zero-order valence-corrected chi connectivity index (χ0v) is 19.3. The molecule has 2 amide bonds. The van der Waals surface area contributed by atoms with Crippen molar-refractivity contribution < 1.29 is 19.4 Å². The quantitative estimate of drug-likeness (QED) is 0.722. The summed E-state index contributed by atoms with van der Waals surface area (Å²) in [4.78, 5) is 34.3. The molecular weight excluding hydrogens is 408 g/mol. The molecule has 4 rings (SSSR count). The zero-order valence-electron chi connectivity index (χ0n) is 19.3. The third kappa shape index (κ3) is 4.70. The first-order valence-electron chi connectivity index (χ1n) is 12.1. The van der Waals surface area contributed by atoms with E-state index in [0.29, 0.717) is 18.8 Å². The summed E-state index contributed by atoms with van der Waals surface area (Å²) < 4.78 is 5.08. The van der Waals surface area contributed by atoms with Crippen molar-refractivity contribution in [1.82, 2.24) is 9.88 Å². The van der Waals surface area contributed by atoms with Gasteiger partial charge in [-0.05, 0) is 69.9 Å². The molecule has 1 aromatic heterocycles. The third-order valence-corrected chi connectivity index (χ3v) is 7.26.